The number of nitrogens with zero attached hydrogens (tertiary/aromatic N) is 2. The zero-order valence-electron chi connectivity index (χ0n) is 45.9. The predicted octanol–water partition coefficient (Wildman–Crippen LogP) is 22.5. The average Bonchev–Trinajstić information content (AvgIpc) is 3.68. The summed E-state index contributed by atoms with van der Waals surface area (Å²) in [4.78, 5) is 4.75. The summed E-state index contributed by atoms with van der Waals surface area (Å²) in [6.07, 6.45) is 12.8. The molecular formula is C77H64N2O2. The van der Waals surface area contributed by atoms with Gasteiger partial charge >= 0.3 is 0 Å². The quantitative estimate of drug-likeness (QED) is 0.131. The maximum Gasteiger partial charge on any atom is 0.159 e. The van der Waals surface area contributed by atoms with E-state index in [-0.39, 0.29) is 5.75 Å². The molecule has 1 heterocycles. The summed E-state index contributed by atoms with van der Waals surface area (Å²) in [5.74, 6) is 1.40. The first kappa shape index (κ1) is 49.0. The number of hydrogen-bond donors (Lipinski definition) is 1. The molecule has 2 fully saturated rings. The number of phenolic OH excluding ortho intramolecular Hbond substituents is 1. The highest BCUT2D eigenvalue weighted by atomic mass is 16.3. The van der Waals surface area contributed by atoms with Crippen molar-refractivity contribution in [1.82, 2.24) is 0 Å². The van der Waals surface area contributed by atoms with E-state index in [9.17, 15) is 5.11 Å². The number of aromatic hydroxyl groups is 1. The lowest BCUT2D eigenvalue weighted by atomic mass is 9.84. The van der Waals surface area contributed by atoms with E-state index in [1.54, 1.807) is 0 Å². The predicted molar refractivity (Wildman–Crippen MR) is 341 cm³/mol. The minimum Gasteiger partial charge on any atom is -0.505 e. The molecule has 394 valence electrons. The summed E-state index contributed by atoms with van der Waals surface area (Å²) in [7, 11) is 0. The van der Waals surface area contributed by atoms with Crippen molar-refractivity contribution in [3.63, 3.8) is 0 Å². The normalized spacial score (nSPS) is 14.4. The fourth-order valence-electron chi connectivity index (χ4n) is 14.2. The van der Waals surface area contributed by atoms with Crippen molar-refractivity contribution in [3.8, 4) is 39.1 Å². The van der Waals surface area contributed by atoms with Crippen LogP contribution in [0, 0.1) is 6.92 Å². The molecular weight excluding hydrogens is 985 g/mol. The second-order valence-electron chi connectivity index (χ2n) is 23.0. The van der Waals surface area contributed by atoms with Gasteiger partial charge in [-0.2, -0.15) is 0 Å². The third kappa shape index (κ3) is 8.59. The van der Waals surface area contributed by atoms with Crippen LogP contribution in [0.15, 0.2) is 235 Å². The van der Waals surface area contributed by atoms with Crippen LogP contribution in [0.2, 0.25) is 0 Å². The molecule has 0 saturated heterocycles. The second kappa shape index (κ2) is 20.5. The fourth-order valence-corrected chi connectivity index (χ4v) is 14.2. The first-order valence-corrected chi connectivity index (χ1v) is 29.5. The summed E-state index contributed by atoms with van der Waals surface area (Å²) >= 11 is 0. The molecule has 4 nitrogen and oxygen atoms in total. The van der Waals surface area contributed by atoms with Gasteiger partial charge in [-0.3, -0.25) is 0 Å². The standard InChI is InChI=1S/C77H64N2O2/c1-50-17-11-12-26-62(50)58-24-13-25-59(49-58)63-27-15-31-71(75(63)80)78(60-41-33-53(34-42-60)51-18-5-2-6-19-51)69-47-39-56-38-46-68-70(48-40-57-37-45-67(69)73(56)74(57)68)79(61-43-35-54(36-44-61)52-20-7-3-8-21-52)72-32-16-30-66-65-29-14-28-64(76(65)81-77(66)72)55-22-9-4-10-23-55/h4,9-17,22-49,51-52,80H,2-3,5-8,18-21H2,1H3. The Bertz CT molecular complexity index is 4450. The van der Waals surface area contributed by atoms with Crippen LogP contribution in [-0.4, -0.2) is 5.11 Å². The van der Waals surface area contributed by atoms with E-state index in [2.05, 4.69) is 247 Å². The molecule has 13 aromatic rings. The highest BCUT2D eigenvalue weighted by Crippen LogP contribution is 2.52. The Morgan fingerprint density at radius 1 is 0.358 bits per heavy atom. The van der Waals surface area contributed by atoms with Crippen LogP contribution in [0.25, 0.3) is 87.6 Å². The Labute approximate surface area is 474 Å². The van der Waals surface area contributed by atoms with Crippen LogP contribution < -0.4 is 9.80 Å². The van der Waals surface area contributed by atoms with Crippen molar-refractivity contribution in [1.29, 1.82) is 0 Å². The number of para-hydroxylation sites is 3. The van der Waals surface area contributed by atoms with Gasteiger partial charge in [0.05, 0.1) is 22.7 Å². The van der Waals surface area contributed by atoms with E-state index in [1.807, 2.05) is 0 Å². The van der Waals surface area contributed by atoms with Crippen LogP contribution in [0.4, 0.5) is 34.1 Å². The molecule has 2 aliphatic rings. The molecule has 0 amide bonds. The number of phenols is 1. The van der Waals surface area contributed by atoms with Gasteiger partial charge in [0.25, 0.3) is 0 Å². The summed E-state index contributed by atoms with van der Waals surface area (Å²) in [5, 5.41) is 22.1. The summed E-state index contributed by atoms with van der Waals surface area (Å²) in [6.45, 7) is 2.16. The number of fused-ring (bicyclic) bond motifs is 3. The zero-order chi connectivity index (χ0) is 54.0. The van der Waals surface area contributed by atoms with E-state index in [4.69, 9.17) is 4.42 Å². The number of aryl methyl sites for hydroxylation is 1. The summed E-state index contributed by atoms with van der Waals surface area (Å²) in [5.41, 5.74) is 18.0. The number of benzene rings is 12. The molecule has 0 atom stereocenters. The topological polar surface area (TPSA) is 39.9 Å². The third-order valence-electron chi connectivity index (χ3n) is 18.3. The van der Waals surface area contributed by atoms with Crippen molar-refractivity contribution in [2.45, 2.75) is 83.0 Å². The number of furan rings is 1. The Balaban J connectivity index is 0.925. The fraction of sp³-hybridized carbons (Fsp3) is 0.169. The van der Waals surface area contributed by atoms with Crippen LogP contribution in [-0.2, 0) is 0 Å². The molecule has 1 N–H and O–H groups in total. The van der Waals surface area contributed by atoms with Gasteiger partial charge in [0.2, 0.25) is 0 Å². The van der Waals surface area contributed by atoms with Gasteiger partial charge in [0.1, 0.15) is 11.3 Å². The molecule has 2 saturated carbocycles. The van der Waals surface area contributed by atoms with Gasteiger partial charge in [-0.25, -0.2) is 0 Å². The summed E-state index contributed by atoms with van der Waals surface area (Å²) < 4.78 is 7.21. The lowest BCUT2D eigenvalue weighted by Gasteiger charge is -2.30. The number of hydrogen-bond acceptors (Lipinski definition) is 4. The van der Waals surface area contributed by atoms with Gasteiger partial charge in [-0.15, -0.1) is 0 Å². The van der Waals surface area contributed by atoms with Gasteiger partial charge in [-0.1, -0.05) is 214 Å². The average molecular weight is 1050 g/mol. The van der Waals surface area contributed by atoms with Crippen LogP contribution in [0.5, 0.6) is 5.75 Å². The first-order valence-electron chi connectivity index (χ1n) is 29.5. The Kier molecular flexibility index (Phi) is 12.4. The Morgan fingerprint density at radius 2 is 0.827 bits per heavy atom. The largest absolute Gasteiger partial charge is 0.505 e. The maximum absolute atomic E-state index is 12.9. The molecule has 0 aliphatic heterocycles. The summed E-state index contributed by atoms with van der Waals surface area (Å²) in [6, 6.07) is 84.2. The van der Waals surface area contributed by atoms with Crippen molar-refractivity contribution >= 4 is 88.4 Å². The highest BCUT2D eigenvalue weighted by Gasteiger charge is 2.27. The smallest absolute Gasteiger partial charge is 0.159 e. The molecule has 0 bridgehead atoms. The van der Waals surface area contributed by atoms with E-state index < -0.39 is 0 Å². The molecule has 81 heavy (non-hydrogen) atoms. The van der Waals surface area contributed by atoms with Crippen molar-refractivity contribution in [2.75, 3.05) is 9.80 Å². The van der Waals surface area contributed by atoms with E-state index in [1.165, 1.54) is 108 Å². The first-order chi connectivity index (χ1) is 40.0. The molecule has 4 heteroatoms. The molecule has 0 spiro atoms. The minimum absolute atomic E-state index is 0.240. The Morgan fingerprint density at radius 3 is 1.44 bits per heavy atom. The van der Waals surface area contributed by atoms with E-state index in [0.717, 1.165) is 94.7 Å². The van der Waals surface area contributed by atoms with Crippen molar-refractivity contribution in [2.24, 2.45) is 0 Å². The zero-order valence-corrected chi connectivity index (χ0v) is 45.9. The number of rotatable bonds is 11. The van der Waals surface area contributed by atoms with E-state index in [0.29, 0.717) is 11.8 Å². The molecule has 2 aliphatic carbocycles. The van der Waals surface area contributed by atoms with E-state index >= 15 is 0 Å². The lowest BCUT2D eigenvalue weighted by Crippen LogP contribution is -2.12. The van der Waals surface area contributed by atoms with Gasteiger partial charge in [0.15, 0.2) is 5.58 Å². The molecule has 12 aromatic carbocycles. The molecule has 0 unspecified atom stereocenters. The van der Waals surface area contributed by atoms with Gasteiger partial charge < -0.3 is 19.3 Å². The maximum atomic E-state index is 12.9. The Hall–Kier alpha value is -9.12. The van der Waals surface area contributed by atoms with Crippen molar-refractivity contribution in [3.05, 3.63) is 247 Å². The molecule has 1 aromatic heterocycles. The SMILES string of the molecule is Cc1ccccc1-c1cccc(-c2cccc(N(c3ccc(C4CCCCC4)cc3)c3ccc4ccc5c(N(c6ccc(C7CCCCC7)cc6)c6cccc7c6oc6c(-c8ccccc8)cccc67)ccc6ccc3c4c65)c2O)c1. The third-order valence-corrected chi connectivity index (χ3v) is 18.3. The lowest BCUT2D eigenvalue weighted by molar-refractivity contribution is 0.443. The van der Waals surface area contributed by atoms with Gasteiger partial charge in [0, 0.05) is 44.0 Å². The van der Waals surface area contributed by atoms with Gasteiger partial charge in [-0.05, 0) is 160 Å². The second-order valence-corrected chi connectivity index (χ2v) is 23.0. The van der Waals surface area contributed by atoms with Crippen molar-refractivity contribution < 1.29 is 9.52 Å². The van der Waals surface area contributed by atoms with Crippen LogP contribution >= 0.6 is 0 Å². The molecule has 15 rings (SSSR count). The van der Waals surface area contributed by atoms with Crippen LogP contribution in [0.1, 0.15) is 92.7 Å². The molecule has 0 radical (unpaired) electrons. The van der Waals surface area contributed by atoms with Crippen LogP contribution in [0.3, 0.4) is 0 Å². The monoisotopic (exact) mass is 1050 g/mol. The minimum atomic E-state index is 0.240. The highest BCUT2D eigenvalue weighted by molar-refractivity contribution is 6.28. The number of anilines is 6.